The molecule has 2 aliphatic rings. The van der Waals surface area contributed by atoms with E-state index >= 15 is 0 Å². The third-order valence-electron chi connectivity index (χ3n) is 5.18. The lowest BCUT2D eigenvalue weighted by Crippen LogP contribution is -2.43. The highest BCUT2D eigenvalue weighted by Gasteiger charge is 2.43. The molecule has 22 heavy (non-hydrogen) atoms. The average Bonchev–Trinajstić information content (AvgIpc) is 2.88. The number of rotatable bonds is 4. The van der Waals surface area contributed by atoms with Gasteiger partial charge < -0.3 is 15.0 Å². The first-order chi connectivity index (χ1) is 10.5. The molecule has 0 bridgehead atoms. The molecule has 3 rings (SSSR count). The third kappa shape index (κ3) is 3.16. The quantitative estimate of drug-likeness (QED) is 0.920. The molecule has 1 fully saturated rings. The summed E-state index contributed by atoms with van der Waals surface area (Å²) in [7, 11) is 4.26. The highest BCUT2D eigenvalue weighted by Crippen LogP contribution is 2.48. The molecule has 0 amide bonds. The number of hydrogen-bond acceptors (Lipinski definition) is 3. The molecule has 1 aromatic rings. The van der Waals surface area contributed by atoms with Crippen LogP contribution in [0.4, 0.5) is 0 Å². The van der Waals surface area contributed by atoms with Crippen LogP contribution in [0, 0.1) is 13.8 Å². The normalized spacial score (nSPS) is 22.9. The second-order valence-corrected chi connectivity index (χ2v) is 7.51. The van der Waals surface area contributed by atoms with E-state index in [2.05, 4.69) is 50.3 Å². The molecular formula is C19H30N2O. The topological polar surface area (TPSA) is 24.5 Å². The van der Waals surface area contributed by atoms with Crippen molar-refractivity contribution in [2.45, 2.75) is 57.6 Å². The summed E-state index contributed by atoms with van der Waals surface area (Å²) in [6, 6.07) is 5.00. The van der Waals surface area contributed by atoms with Crippen LogP contribution in [0.25, 0.3) is 0 Å². The number of likely N-dealkylation sites (N-methyl/N-ethyl adjacent to an activating group) is 1. The Hall–Kier alpha value is -1.06. The predicted octanol–water partition coefficient (Wildman–Crippen LogP) is 3.59. The molecule has 1 aliphatic heterocycles. The summed E-state index contributed by atoms with van der Waals surface area (Å²) in [6.07, 6.45) is 6.17. The lowest BCUT2D eigenvalue weighted by Gasteiger charge is -2.41. The zero-order valence-corrected chi connectivity index (χ0v) is 14.5. The van der Waals surface area contributed by atoms with Crippen molar-refractivity contribution < 1.29 is 4.74 Å². The lowest BCUT2D eigenvalue weighted by atomic mass is 9.84. The van der Waals surface area contributed by atoms with E-state index in [0.29, 0.717) is 6.04 Å². The van der Waals surface area contributed by atoms with Gasteiger partial charge in [0.15, 0.2) is 0 Å². The summed E-state index contributed by atoms with van der Waals surface area (Å²) in [5.74, 6) is 1.15. The van der Waals surface area contributed by atoms with E-state index in [1.165, 1.54) is 42.4 Å². The van der Waals surface area contributed by atoms with E-state index in [1.807, 2.05) is 0 Å². The van der Waals surface area contributed by atoms with Crippen molar-refractivity contribution in [2.24, 2.45) is 0 Å². The fourth-order valence-corrected chi connectivity index (χ4v) is 4.10. The van der Waals surface area contributed by atoms with Gasteiger partial charge in [0.2, 0.25) is 0 Å². The van der Waals surface area contributed by atoms with Gasteiger partial charge in [0, 0.05) is 31.1 Å². The van der Waals surface area contributed by atoms with Crippen LogP contribution in [0.3, 0.4) is 0 Å². The van der Waals surface area contributed by atoms with Crippen LogP contribution in [0.1, 0.15) is 54.8 Å². The van der Waals surface area contributed by atoms with Crippen molar-refractivity contribution in [1.29, 1.82) is 0 Å². The number of fused-ring (bicyclic) bond motifs is 1. The fraction of sp³-hybridized carbons (Fsp3) is 0.684. The smallest absolute Gasteiger partial charge is 0.127 e. The SMILES string of the molecule is Cc1cc(C)c2c(c1)C(NCCN(C)C)CC1(CCCC1)O2. The molecule has 0 radical (unpaired) electrons. The van der Waals surface area contributed by atoms with Crippen LogP contribution in [-0.2, 0) is 0 Å². The van der Waals surface area contributed by atoms with Crippen molar-refractivity contribution in [2.75, 3.05) is 27.2 Å². The van der Waals surface area contributed by atoms with E-state index in [9.17, 15) is 0 Å². The van der Waals surface area contributed by atoms with E-state index in [4.69, 9.17) is 4.74 Å². The molecule has 1 unspecified atom stereocenters. The molecule has 1 aromatic carbocycles. The molecule has 122 valence electrons. The minimum atomic E-state index is 0.0861. The number of nitrogens with zero attached hydrogens (tertiary/aromatic N) is 1. The molecule has 0 aromatic heterocycles. The first kappa shape index (κ1) is 15.8. The van der Waals surface area contributed by atoms with E-state index in [1.54, 1.807) is 0 Å². The highest BCUT2D eigenvalue weighted by molar-refractivity contribution is 5.47. The van der Waals surface area contributed by atoms with Gasteiger partial charge in [0.25, 0.3) is 0 Å². The first-order valence-corrected chi connectivity index (χ1v) is 8.67. The molecule has 1 saturated carbocycles. The Morgan fingerprint density at radius 3 is 2.64 bits per heavy atom. The Bertz CT molecular complexity index is 532. The number of aryl methyl sites for hydroxylation is 2. The zero-order chi connectivity index (χ0) is 15.7. The van der Waals surface area contributed by atoms with Crippen molar-refractivity contribution >= 4 is 0 Å². The second kappa shape index (κ2) is 6.21. The Labute approximate surface area is 135 Å². The van der Waals surface area contributed by atoms with Crippen LogP contribution in [0.15, 0.2) is 12.1 Å². The molecule has 3 heteroatoms. The van der Waals surface area contributed by atoms with Gasteiger partial charge in [-0.2, -0.15) is 0 Å². The maximum atomic E-state index is 6.57. The van der Waals surface area contributed by atoms with Crippen LogP contribution in [0.2, 0.25) is 0 Å². The highest BCUT2D eigenvalue weighted by atomic mass is 16.5. The average molecular weight is 302 g/mol. The first-order valence-electron chi connectivity index (χ1n) is 8.67. The van der Waals surface area contributed by atoms with E-state index < -0.39 is 0 Å². The molecule has 1 atom stereocenters. The summed E-state index contributed by atoms with van der Waals surface area (Å²) >= 11 is 0. The fourth-order valence-electron chi connectivity index (χ4n) is 4.10. The minimum Gasteiger partial charge on any atom is -0.487 e. The van der Waals surface area contributed by atoms with Gasteiger partial charge in [-0.05, 0) is 59.2 Å². The maximum Gasteiger partial charge on any atom is 0.127 e. The molecule has 1 spiro atoms. The lowest BCUT2D eigenvalue weighted by molar-refractivity contribution is 0.0357. The molecule has 1 N–H and O–H groups in total. The molecule has 1 heterocycles. The standard InChI is InChI=1S/C19H30N2O/c1-14-11-15(2)18-16(12-14)17(20-9-10-21(3)4)13-19(22-18)7-5-6-8-19/h11-12,17,20H,5-10,13H2,1-4H3. The van der Waals surface area contributed by atoms with Gasteiger partial charge in [0.1, 0.15) is 11.4 Å². The van der Waals surface area contributed by atoms with E-state index in [0.717, 1.165) is 25.3 Å². The Kier molecular flexibility index (Phi) is 4.47. The molecular weight excluding hydrogens is 272 g/mol. The van der Waals surface area contributed by atoms with Crippen molar-refractivity contribution in [3.63, 3.8) is 0 Å². The Morgan fingerprint density at radius 2 is 1.95 bits per heavy atom. The van der Waals surface area contributed by atoms with Crippen molar-refractivity contribution in [1.82, 2.24) is 10.2 Å². The van der Waals surface area contributed by atoms with Crippen molar-refractivity contribution in [3.8, 4) is 5.75 Å². The van der Waals surface area contributed by atoms with Crippen LogP contribution < -0.4 is 10.1 Å². The summed E-state index contributed by atoms with van der Waals surface area (Å²) in [4.78, 5) is 2.24. The summed E-state index contributed by atoms with van der Waals surface area (Å²) in [6.45, 7) is 6.48. The molecule has 0 saturated heterocycles. The summed E-state index contributed by atoms with van der Waals surface area (Å²) < 4.78 is 6.57. The second-order valence-electron chi connectivity index (χ2n) is 7.51. The van der Waals surface area contributed by atoms with Crippen LogP contribution in [-0.4, -0.2) is 37.7 Å². The van der Waals surface area contributed by atoms with Gasteiger partial charge in [-0.1, -0.05) is 17.7 Å². The number of ether oxygens (including phenoxy) is 1. The summed E-state index contributed by atoms with van der Waals surface area (Å²) in [5, 5.41) is 3.79. The van der Waals surface area contributed by atoms with E-state index in [-0.39, 0.29) is 5.60 Å². The monoisotopic (exact) mass is 302 g/mol. The molecule has 1 aliphatic carbocycles. The Balaban J connectivity index is 1.87. The van der Waals surface area contributed by atoms with Gasteiger partial charge in [0.05, 0.1) is 0 Å². The molecule has 3 nitrogen and oxygen atoms in total. The van der Waals surface area contributed by atoms with Gasteiger partial charge in [-0.3, -0.25) is 0 Å². The number of benzene rings is 1. The maximum absolute atomic E-state index is 6.57. The van der Waals surface area contributed by atoms with Gasteiger partial charge >= 0.3 is 0 Å². The zero-order valence-electron chi connectivity index (χ0n) is 14.5. The third-order valence-corrected chi connectivity index (χ3v) is 5.18. The Morgan fingerprint density at radius 1 is 1.23 bits per heavy atom. The van der Waals surface area contributed by atoms with Crippen LogP contribution in [0.5, 0.6) is 5.75 Å². The van der Waals surface area contributed by atoms with Gasteiger partial charge in [-0.15, -0.1) is 0 Å². The summed E-state index contributed by atoms with van der Waals surface area (Å²) in [5.41, 5.74) is 4.08. The van der Waals surface area contributed by atoms with Crippen molar-refractivity contribution in [3.05, 3.63) is 28.8 Å². The largest absolute Gasteiger partial charge is 0.487 e. The number of nitrogens with one attached hydrogen (secondary N) is 1. The van der Waals surface area contributed by atoms with Crippen LogP contribution >= 0.6 is 0 Å². The minimum absolute atomic E-state index is 0.0861. The number of hydrogen-bond donors (Lipinski definition) is 1. The predicted molar refractivity (Wildman–Crippen MR) is 91.7 cm³/mol. The van der Waals surface area contributed by atoms with Gasteiger partial charge in [-0.25, -0.2) is 0 Å².